The minimum atomic E-state index is -0.217. The average molecular weight is 208 g/mol. The smallest absolute Gasteiger partial charge is 0.120 e. The first kappa shape index (κ1) is 9.30. The van der Waals surface area contributed by atoms with Crippen molar-refractivity contribution >= 4 is 10.8 Å². The molecule has 3 rings (SSSR count). The lowest BCUT2D eigenvalue weighted by atomic mass is 9.90. The van der Waals surface area contributed by atoms with Gasteiger partial charge in [-0.2, -0.15) is 0 Å². The molecule has 1 N–H and O–H groups in total. The van der Waals surface area contributed by atoms with Crippen LogP contribution >= 0.6 is 0 Å². The number of aromatic hydroxyl groups is 1. The Morgan fingerprint density at radius 3 is 2.56 bits per heavy atom. The second kappa shape index (κ2) is 3.02. The molecule has 0 aromatic heterocycles. The monoisotopic (exact) mass is 208 g/mol. The van der Waals surface area contributed by atoms with Crippen molar-refractivity contribution in [2.75, 3.05) is 0 Å². The Hall–Kier alpha value is -1.94. The molecule has 1 nitrogen and oxygen atoms in total. The molecule has 0 atom stereocenters. The van der Waals surface area contributed by atoms with Gasteiger partial charge in [0.15, 0.2) is 0 Å². The molecule has 0 bridgehead atoms. The van der Waals surface area contributed by atoms with Gasteiger partial charge in [-0.3, -0.25) is 0 Å². The highest BCUT2D eigenvalue weighted by Gasteiger charge is 2.45. The molecule has 1 heteroatoms. The Kier molecular flexibility index (Phi) is 1.76. The number of hydrogen-bond donors (Lipinski definition) is 1. The third-order valence-corrected chi connectivity index (χ3v) is 3.41. The van der Waals surface area contributed by atoms with Crippen LogP contribution in [0.15, 0.2) is 36.4 Å². The maximum Gasteiger partial charge on any atom is 0.120 e. The van der Waals surface area contributed by atoms with Crippen LogP contribution < -0.4 is 0 Å². The number of benzene rings is 2. The molecule has 2 aromatic rings. The van der Waals surface area contributed by atoms with E-state index in [1.165, 1.54) is 0 Å². The van der Waals surface area contributed by atoms with Crippen molar-refractivity contribution in [2.45, 2.75) is 18.3 Å². The Morgan fingerprint density at radius 1 is 1.12 bits per heavy atom. The second-order valence-corrected chi connectivity index (χ2v) is 4.41. The average Bonchev–Trinajstić information content (AvgIpc) is 3.10. The summed E-state index contributed by atoms with van der Waals surface area (Å²) in [5.41, 5.74) is 0.721. The van der Waals surface area contributed by atoms with E-state index < -0.39 is 0 Å². The molecular weight excluding hydrogens is 196 g/mol. The molecule has 2 aromatic carbocycles. The van der Waals surface area contributed by atoms with Gasteiger partial charge in [-0.15, -0.1) is 6.42 Å². The molecule has 16 heavy (non-hydrogen) atoms. The van der Waals surface area contributed by atoms with Crippen LogP contribution in [-0.4, -0.2) is 5.11 Å². The topological polar surface area (TPSA) is 20.2 Å². The molecule has 78 valence electrons. The first-order valence-corrected chi connectivity index (χ1v) is 5.46. The molecule has 0 radical (unpaired) electrons. The zero-order valence-electron chi connectivity index (χ0n) is 8.90. The van der Waals surface area contributed by atoms with Crippen molar-refractivity contribution in [1.82, 2.24) is 0 Å². The van der Waals surface area contributed by atoms with E-state index in [2.05, 4.69) is 5.92 Å². The van der Waals surface area contributed by atoms with Crippen molar-refractivity contribution in [1.29, 1.82) is 0 Å². The predicted octanol–water partition coefficient (Wildman–Crippen LogP) is 3.21. The normalized spacial score (nSPS) is 16.9. The third kappa shape index (κ3) is 1.13. The maximum atomic E-state index is 10.0. The first-order chi connectivity index (χ1) is 7.77. The van der Waals surface area contributed by atoms with Crippen LogP contribution in [0.1, 0.15) is 18.4 Å². The van der Waals surface area contributed by atoms with Crippen LogP contribution in [0.4, 0.5) is 0 Å². The fraction of sp³-hybridized carbons (Fsp3) is 0.200. The Morgan fingerprint density at radius 2 is 1.88 bits per heavy atom. The Labute approximate surface area is 94.7 Å². The summed E-state index contributed by atoms with van der Waals surface area (Å²) in [4.78, 5) is 0. The van der Waals surface area contributed by atoms with Crippen molar-refractivity contribution in [2.24, 2.45) is 0 Å². The van der Waals surface area contributed by atoms with Crippen molar-refractivity contribution < 1.29 is 5.11 Å². The fourth-order valence-electron chi connectivity index (χ4n) is 2.35. The van der Waals surface area contributed by atoms with Gasteiger partial charge in [0.1, 0.15) is 5.75 Å². The minimum Gasteiger partial charge on any atom is -0.508 e. The van der Waals surface area contributed by atoms with Gasteiger partial charge < -0.3 is 5.11 Å². The van der Waals surface area contributed by atoms with Gasteiger partial charge in [0.05, 0.1) is 5.41 Å². The van der Waals surface area contributed by atoms with Gasteiger partial charge in [0, 0.05) is 5.56 Å². The van der Waals surface area contributed by atoms with Crippen LogP contribution in [0.25, 0.3) is 10.8 Å². The van der Waals surface area contributed by atoms with E-state index >= 15 is 0 Å². The van der Waals surface area contributed by atoms with Crippen molar-refractivity contribution in [3.05, 3.63) is 42.0 Å². The largest absolute Gasteiger partial charge is 0.508 e. The Bertz CT molecular complexity index is 600. The molecular formula is C15H12O. The fourth-order valence-corrected chi connectivity index (χ4v) is 2.35. The highest BCUT2D eigenvalue weighted by molar-refractivity contribution is 5.89. The third-order valence-electron chi connectivity index (χ3n) is 3.41. The molecule has 0 unspecified atom stereocenters. The number of phenolic OH excluding ortho intramolecular Hbond substituents is 1. The summed E-state index contributed by atoms with van der Waals surface area (Å²) in [6, 6.07) is 11.7. The summed E-state index contributed by atoms with van der Waals surface area (Å²) in [6.45, 7) is 0. The lowest BCUT2D eigenvalue weighted by molar-refractivity contribution is 0.466. The maximum absolute atomic E-state index is 10.0. The summed E-state index contributed by atoms with van der Waals surface area (Å²) in [6.07, 6.45) is 7.55. The molecule has 1 fully saturated rings. The van der Waals surface area contributed by atoms with Gasteiger partial charge in [-0.25, -0.2) is 0 Å². The summed E-state index contributed by atoms with van der Waals surface area (Å²) in [5.74, 6) is 3.17. The number of rotatable bonds is 1. The molecule has 0 heterocycles. The zero-order valence-corrected chi connectivity index (χ0v) is 8.90. The number of terminal acetylenes is 1. The predicted molar refractivity (Wildman–Crippen MR) is 65.4 cm³/mol. The van der Waals surface area contributed by atoms with Crippen LogP contribution in [0, 0.1) is 12.3 Å². The van der Waals surface area contributed by atoms with E-state index in [4.69, 9.17) is 6.42 Å². The van der Waals surface area contributed by atoms with Crippen LogP contribution in [0.3, 0.4) is 0 Å². The van der Waals surface area contributed by atoms with Gasteiger partial charge >= 0.3 is 0 Å². The van der Waals surface area contributed by atoms with E-state index in [1.807, 2.05) is 30.3 Å². The molecule has 0 saturated heterocycles. The lowest BCUT2D eigenvalue weighted by Gasteiger charge is -2.14. The van der Waals surface area contributed by atoms with E-state index in [-0.39, 0.29) is 5.41 Å². The van der Waals surface area contributed by atoms with Gasteiger partial charge in [-0.05, 0) is 29.7 Å². The first-order valence-electron chi connectivity index (χ1n) is 5.46. The van der Waals surface area contributed by atoms with Crippen molar-refractivity contribution in [3.63, 3.8) is 0 Å². The molecule has 0 amide bonds. The molecule has 1 aliphatic carbocycles. The van der Waals surface area contributed by atoms with Crippen molar-refractivity contribution in [3.8, 4) is 18.1 Å². The van der Waals surface area contributed by atoms with E-state index in [9.17, 15) is 5.11 Å². The molecule has 1 saturated carbocycles. The highest BCUT2D eigenvalue weighted by Crippen LogP contribution is 2.52. The molecule has 1 aliphatic rings. The van der Waals surface area contributed by atoms with Crippen LogP contribution in [0.5, 0.6) is 5.75 Å². The van der Waals surface area contributed by atoms with E-state index in [0.717, 1.165) is 29.2 Å². The van der Waals surface area contributed by atoms with E-state index in [0.29, 0.717) is 5.75 Å². The zero-order chi connectivity index (χ0) is 11.2. The standard InChI is InChI=1S/C15H12O/c1-2-15(9-10-15)14-12-6-4-3-5-11(12)7-8-13(14)16/h1,3-8,16H,9-10H2. The minimum absolute atomic E-state index is 0.217. The lowest BCUT2D eigenvalue weighted by Crippen LogP contribution is -2.03. The summed E-state index contributed by atoms with van der Waals surface area (Å²) >= 11 is 0. The number of phenols is 1. The highest BCUT2D eigenvalue weighted by atomic mass is 16.3. The quantitative estimate of drug-likeness (QED) is 0.713. The Balaban J connectivity index is 2.39. The number of hydrogen-bond acceptors (Lipinski definition) is 1. The SMILES string of the molecule is C#CC1(c2c(O)ccc3ccccc23)CC1. The summed E-state index contributed by atoms with van der Waals surface area (Å²) in [7, 11) is 0. The number of fused-ring (bicyclic) bond motifs is 1. The summed E-state index contributed by atoms with van der Waals surface area (Å²) in [5, 5.41) is 12.2. The van der Waals surface area contributed by atoms with Crippen LogP contribution in [0.2, 0.25) is 0 Å². The molecule has 0 spiro atoms. The van der Waals surface area contributed by atoms with Crippen LogP contribution in [-0.2, 0) is 5.41 Å². The van der Waals surface area contributed by atoms with Gasteiger partial charge in [0.2, 0.25) is 0 Å². The summed E-state index contributed by atoms with van der Waals surface area (Å²) < 4.78 is 0. The van der Waals surface area contributed by atoms with E-state index in [1.54, 1.807) is 6.07 Å². The molecule has 0 aliphatic heterocycles. The van der Waals surface area contributed by atoms with Gasteiger partial charge in [0.25, 0.3) is 0 Å². The van der Waals surface area contributed by atoms with Gasteiger partial charge in [-0.1, -0.05) is 36.3 Å². The second-order valence-electron chi connectivity index (χ2n) is 4.41.